The molecule has 0 aliphatic rings. The van der Waals surface area contributed by atoms with Gasteiger partial charge in [0.25, 0.3) is 0 Å². The summed E-state index contributed by atoms with van der Waals surface area (Å²) in [5.74, 6) is 2.49. The number of ether oxygens (including phenoxy) is 1. The maximum atomic E-state index is 5.19. The average molecular weight is 348 g/mol. The number of rotatable bonds is 7. The molecule has 0 fully saturated rings. The lowest BCUT2D eigenvalue weighted by molar-refractivity contribution is 0.415. The van der Waals surface area contributed by atoms with Crippen molar-refractivity contribution in [2.45, 2.75) is 26.4 Å². The molecule has 0 aliphatic carbocycles. The number of benzene rings is 2. The van der Waals surface area contributed by atoms with Crippen LogP contribution in [0.3, 0.4) is 0 Å². The minimum absolute atomic E-state index is 0.318. The summed E-state index contributed by atoms with van der Waals surface area (Å²) in [4.78, 5) is 11.1. The van der Waals surface area contributed by atoms with E-state index in [-0.39, 0.29) is 0 Å². The van der Waals surface area contributed by atoms with E-state index in [4.69, 9.17) is 4.74 Å². The molecule has 0 atom stereocenters. The Balaban J connectivity index is 1.79. The Morgan fingerprint density at radius 3 is 2.38 bits per heavy atom. The molecule has 26 heavy (non-hydrogen) atoms. The fourth-order valence-electron chi connectivity index (χ4n) is 2.70. The highest BCUT2D eigenvalue weighted by Gasteiger charge is 2.13. The Bertz CT molecular complexity index is 819. The molecular formula is C21H24N4O. The Morgan fingerprint density at radius 1 is 1.00 bits per heavy atom. The first-order chi connectivity index (χ1) is 12.7. The molecule has 0 spiro atoms. The first kappa shape index (κ1) is 17.7. The van der Waals surface area contributed by atoms with E-state index >= 15 is 0 Å². The fourth-order valence-corrected chi connectivity index (χ4v) is 2.70. The van der Waals surface area contributed by atoms with E-state index in [1.54, 1.807) is 13.4 Å². The van der Waals surface area contributed by atoms with Gasteiger partial charge in [-0.3, -0.25) is 0 Å². The van der Waals surface area contributed by atoms with Crippen LogP contribution < -0.4 is 15.0 Å². The standard InChI is InChI=1S/C21H24N4O/c1-16(2)25(14-17-7-5-4-6-8-17)21-13-20(22-15-23-21)24-18-9-11-19(26-3)12-10-18/h4-13,15-16H,14H2,1-3H3,(H,22,23,24). The average Bonchev–Trinajstić information content (AvgIpc) is 2.67. The molecule has 1 N–H and O–H groups in total. The van der Waals surface area contributed by atoms with E-state index in [1.165, 1.54) is 5.56 Å². The van der Waals surface area contributed by atoms with Gasteiger partial charge in [0, 0.05) is 24.3 Å². The van der Waals surface area contributed by atoms with Gasteiger partial charge < -0.3 is 15.0 Å². The summed E-state index contributed by atoms with van der Waals surface area (Å²) >= 11 is 0. The summed E-state index contributed by atoms with van der Waals surface area (Å²) in [5.41, 5.74) is 2.21. The number of aromatic nitrogens is 2. The molecule has 0 unspecified atom stereocenters. The van der Waals surface area contributed by atoms with Crippen molar-refractivity contribution < 1.29 is 4.74 Å². The van der Waals surface area contributed by atoms with Crippen molar-refractivity contribution in [1.29, 1.82) is 0 Å². The number of hydrogen-bond donors (Lipinski definition) is 1. The van der Waals surface area contributed by atoms with E-state index < -0.39 is 0 Å². The van der Waals surface area contributed by atoms with E-state index in [9.17, 15) is 0 Å². The second kappa shape index (κ2) is 8.34. The third-order valence-electron chi connectivity index (χ3n) is 4.13. The molecule has 1 heterocycles. The summed E-state index contributed by atoms with van der Waals surface area (Å²) in [7, 11) is 1.66. The number of anilines is 3. The minimum Gasteiger partial charge on any atom is -0.497 e. The lowest BCUT2D eigenvalue weighted by Crippen LogP contribution is -2.31. The second-order valence-electron chi connectivity index (χ2n) is 6.32. The zero-order chi connectivity index (χ0) is 18.4. The summed E-state index contributed by atoms with van der Waals surface area (Å²) in [6.45, 7) is 5.14. The maximum absolute atomic E-state index is 5.19. The molecule has 0 saturated carbocycles. The quantitative estimate of drug-likeness (QED) is 0.674. The van der Waals surface area contributed by atoms with Gasteiger partial charge in [-0.15, -0.1) is 0 Å². The fraction of sp³-hybridized carbons (Fsp3) is 0.238. The smallest absolute Gasteiger partial charge is 0.135 e. The number of hydrogen-bond acceptors (Lipinski definition) is 5. The third-order valence-corrected chi connectivity index (χ3v) is 4.13. The zero-order valence-electron chi connectivity index (χ0n) is 15.4. The SMILES string of the molecule is COc1ccc(Nc2cc(N(Cc3ccccc3)C(C)C)ncn2)cc1. The molecule has 0 amide bonds. The van der Waals surface area contributed by atoms with Crippen LogP contribution >= 0.6 is 0 Å². The summed E-state index contributed by atoms with van der Waals surface area (Å²) in [6.07, 6.45) is 1.60. The van der Waals surface area contributed by atoms with Crippen LogP contribution in [0, 0.1) is 0 Å². The summed E-state index contributed by atoms with van der Waals surface area (Å²) in [6, 6.07) is 20.5. The van der Waals surface area contributed by atoms with Crippen molar-refractivity contribution in [2.24, 2.45) is 0 Å². The van der Waals surface area contributed by atoms with E-state index in [2.05, 4.69) is 58.3 Å². The first-order valence-electron chi connectivity index (χ1n) is 8.69. The second-order valence-corrected chi connectivity index (χ2v) is 6.32. The molecule has 5 nitrogen and oxygen atoms in total. The predicted molar refractivity (Wildman–Crippen MR) is 106 cm³/mol. The summed E-state index contributed by atoms with van der Waals surface area (Å²) < 4.78 is 5.19. The molecule has 1 aromatic heterocycles. The Labute approximate surface area is 154 Å². The monoisotopic (exact) mass is 348 g/mol. The third kappa shape index (κ3) is 4.51. The maximum Gasteiger partial charge on any atom is 0.135 e. The van der Waals surface area contributed by atoms with Gasteiger partial charge in [-0.1, -0.05) is 30.3 Å². The molecule has 2 aromatic carbocycles. The van der Waals surface area contributed by atoms with E-state index in [1.807, 2.05) is 36.4 Å². The Morgan fingerprint density at radius 2 is 1.73 bits per heavy atom. The van der Waals surface area contributed by atoms with Gasteiger partial charge in [-0.05, 0) is 43.7 Å². The summed E-state index contributed by atoms with van der Waals surface area (Å²) in [5, 5.41) is 3.32. The van der Waals surface area contributed by atoms with Crippen LogP contribution in [0.25, 0.3) is 0 Å². The molecule has 3 rings (SSSR count). The van der Waals surface area contributed by atoms with Crippen LogP contribution in [0.4, 0.5) is 17.3 Å². The molecule has 0 aliphatic heterocycles. The normalized spacial score (nSPS) is 10.6. The van der Waals surface area contributed by atoms with Gasteiger partial charge >= 0.3 is 0 Å². The zero-order valence-corrected chi connectivity index (χ0v) is 15.4. The van der Waals surface area contributed by atoms with Gasteiger partial charge in [-0.25, -0.2) is 9.97 Å². The lowest BCUT2D eigenvalue weighted by atomic mass is 10.2. The molecule has 0 saturated heterocycles. The Kier molecular flexibility index (Phi) is 5.69. The topological polar surface area (TPSA) is 50.3 Å². The van der Waals surface area contributed by atoms with Gasteiger partial charge in [0.2, 0.25) is 0 Å². The van der Waals surface area contributed by atoms with Gasteiger partial charge in [0.05, 0.1) is 7.11 Å². The van der Waals surface area contributed by atoms with Crippen LogP contribution in [0.15, 0.2) is 67.0 Å². The van der Waals surface area contributed by atoms with Crippen LogP contribution in [-0.2, 0) is 6.54 Å². The molecule has 0 bridgehead atoms. The van der Waals surface area contributed by atoms with Gasteiger partial charge in [-0.2, -0.15) is 0 Å². The van der Waals surface area contributed by atoms with Gasteiger partial charge in [0.15, 0.2) is 0 Å². The van der Waals surface area contributed by atoms with E-state index in [0.29, 0.717) is 6.04 Å². The predicted octanol–water partition coefficient (Wildman–Crippen LogP) is 4.64. The molecule has 5 heteroatoms. The Hall–Kier alpha value is -3.08. The highest BCUT2D eigenvalue weighted by molar-refractivity contribution is 5.60. The van der Waals surface area contributed by atoms with E-state index in [0.717, 1.165) is 29.6 Å². The van der Waals surface area contributed by atoms with Crippen molar-refractivity contribution in [3.05, 3.63) is 72.6 Å². The van der Waals surface area contributed by atoms with Crippen molar-refractivity contribution >= 4 is 17.3 Å². The van der Waals surface area contributed by atoms with Crippen LogP contribution in [0.5, 0.6) is 5.75 Å². The number of nitrogens with one attached hydrogen (secondary N) is 1. The first-order valence-corrected chi connectivity index (χ1v) is 8.69. The number of nitrogens with zero attached hydrogens (tertiary/aromatic N) is 3. The van der Waals surface area contributed by atoms with Crippen molar-refractivity contribution in [2.75, 3.05) is 17.3 Å². The number of methoxy groups -OCH3 is 1. The van der Waals surface area contributed by atoms with Crippen molar-refractivity contribution in [3.63, 3.8) is 0 Å². The van der Waals surface area contributed by atoms with Crippen LogP contribution in [-0.4, -0.2) is 23.1 Å². The lowest BCUT2D eigenvalue weighted by Gasteiger charge is -2.28. The van der Waals surface area contributed by atoms with Crippen molar-refractivity contribution in [1.82, 2.24) is 9.97 Å². The highest BCUT2D eigenvalue weighted by Crippen LogP contribution is 2.23. The van der Waals surface area contributed by atoms with Crippen molar-refractivity contribution in [3.8, 4) is 5.75 Å². The molecular weight excluding hydrogens is 324 g/mol. The minimum atomic E-state index is 0.318. The molecule has 134 valence electrons. The highest BCUT2D eigenvalue weighted by atomic mass is 16.5. The van der Waals surface area contributed by atoms with Crippen LogP contribution in [0.1, 0.15) is 19.4 Å². The van der Waals surface area contributed by atoms with Crippen LogP contribution in [0.2, 0.25) is 0 Å². The molecule has 0 radical (unpaired) electrons. The molecule has 3 aromatic rings. The van der Waals surface area contributed by atoms with Gasteiger partial charge in [0.1, 0.15) is 23.7 Å². The largest absolute Gasteiger partial charge is 0.497 e.